The predicted molar refractivity (Wildman–Crippen MR) is 82.2 cm³/mol. The minimum atomic E-state index is -0.138. The molecule has 118 valence electrons. The Morgan fingerprint density at radius 2 is 2.24 bits per heavy atom. The second-order valence-electron chi connectivity index (χ2n) is 5.87. The van der Waals surface area contributed by atoms with Crippen LogP contribution in [-0.2, 0) is 4.79 Å². The molecule has 1 unspecified atom stereocenters. The van der Waals surface area contributed by atoms with Crippen LogP contribution in [0.4, 0.5) is 5.88 Å². The molecule has 0 saturated carbocycles. The molecular formula is C15H26N4O2. The van der Waals surface area contributed by atoms with Crippen molar-refractivity contribution in [2.24, 2.45) is 5.92 Å². The first-order valence-electron chi connectivity index (χ1n) is 7.73. The summed E-state index contributed by atoms with van der Waals surface area (Å²) in [7, 11) is 1.99. The van der Waals surface area contributed by atoms with Crippen LogP contribution in [-0.4, -0.2) is 48.7 Å². The number of aryl methyl sites for hydroxylation is 1. The summed E-state index contributed by atoms with van der Waals surface area (Å²) in [6.45, 7) is 6.83. The fourth-order valence-electron chi connectivity index (χ4n) is 2.79. The molecule has 0 radical (unpaired) electrons. The summed E-state index contributed by atoms with van der Waals surface area (Å²) >= 11 is 0. The number of likely N-dealkylation sites (tertiary alicyclic amines) is 1. The lowest BCUT2D eigenvalue weighted by molar-refractivity contribution is -0.121. The number of nitrogens with zero attached hydrogens (tertiary/aromatic N) is 2. The average molecular weight is 294 g/mol. The number of anilines is 1. The summed E-state index contributed by atoms with van der Waals surface area (Å²) in [6, 6.07) is 1.59. The highest BCUT2D eigenvalue weighted by molar-refractivity contribution is 5.93. The fraction of sp³-hybridized carbons (Fsp3) is 0.733. The van der Waals surface area contributed by atoms with E-state index < -0.39 is 0 Å². The molecule has 1 amide bonds. The quantitative estimate of drug-likeness (QED) is 0.834. The first kappa shape index (κ1) is 16.0. The summed E-state index contributed by atoms with van der Waals surface area (Å²) in [5.41, 5.74) is 0.767. The molecule has 21 heavy (non-hydrogen) atoms. The molecule has 1 aliphatic rings. The first-order chi connectivity index (χ1) is 10.1. The Morgan fingerprint density at radius 1 is 1.52 bits per heavy atom. The molecule has 2 heterocycles. The van der Waals surface area contributed by atoms with Gasteiger partial charge in [0, 0.05) is 6.07 Å². The van der Waals surface area contributed by atoms with Gasteiger partial charge in [0.2, 0.25) is 11.8 Å². The Balaban J connectivity index is 1.78. The maximum absolute atomic E-state index is 12.2. The van der Waals surface area contributed by atoms with Crippen molar-refractivity contribution >= 4 is 11.8 Å². The van der Waals surface area contributed by atoms with Crippen molar-refractivity contribution in [3.05, 3.63) is 11.8 Å². The largest absolute Gasteiger partial charge is 0.338 e. The van der Waals surface area contributed by atoms with Gasteiger partial charge < -0.3 is 9.84 Å². The highest BCUT2D eigenvalue weighted by atomic mass is 16.5. The number of carbonyl (C=O) groups excluding carboxylic acids is 1. The summed E-state index contributed by atoms with van der Waals surface area (Å²) < 4.78 is 5.03. The number of hydrogen-bond acceptors (Lipinski definition) is 5. The van der Waals surface area contributed by atoms with Crippen molar-refractivity contribution in [2.45, 2.75) is 39.2 Å². The van der Waals surface area contributed by atoms with Crippen LogP contribution in [0, 0.1) is 12.8 Å². The SMILES string of the molecule is CNCCC1CCN(C(C)C(=O)Nc2cc(C)no2)CC1. The monoisotopic (exact) mass is 294 g/mol. The third-order valence-electron chi connectivity index (χ3n) is 4.25. The van der Waals surface area contributed by atoms with Crippen molar-refractivity contribution in [3.63, 3.8) is 0 Å². The smallest absolute Gasteiger partial charge is 0.243 e. The normalized spacial score (nSPS) is 18.6. The van der Waals surface area contributed by atoms with E-state index in [9.17, 15) is 4.79 Å². The van der Waals surface area contributed by atoms with E-state index in [0.717, 1.165) is 31.2 Å². The zero-order valence-corrected chi connectivity index (χ0v) is 13.2. The number of hydrogen-bond donors (Lipinski definition) is 2. The van der Waals surface area contributed by atoms with Crippen molar-refractivity contribution in [1.29, 1.82) is 0 Å². The van der Waals surface area contributed by atoms with Crippen LogP contribution >= 0.6 is 0 Å². The zero-order chi connectivity index (χ0) is 15.2. The Bertz CT molecular complexity index is 452. The summed E-state index contributed by atoms with van der Waals surface area (Å²) in [4.78, 5) is 14.5. The highest BCUT2D eigenvalue weighted by Gasteiger charge is 2.26. The van der Waals surface area contributed by atoms with Crippen LogP contribution in [0.15, 0.2) is 10.6 Å². The number of carbonyl (C=O) groups is 1. The van der Waals surface area contributed by atoms with Gasteiger partial charge in [-0.25, -0.2) is 0 Å². The molecule has 1 aromatic rings. The third kappa shape index (κ3) is 4.54. The first-order valence-corrected chi connectivity index (χ1v) is 7.73. The molecule has 1 fully saturated rings. The second kappa shape index (κ2) is 7.56. The van der Waals surface area contributed by atoms with E-state index in [1.54, 1.807) is 6.07 Å². The predicted octanol–water partition coefficient (Wildman–Crippen LogP) is 1.63. The molecule has 1 saturated heterocycles. The van der Waals surface area contributed by atoms with Gasteiger partial charge in [0.25, 0.3) is 0 Å². The van der Waals surface area contributed by atoms with Gasteiger partial charge in [0.15, 0.2) is 0 Å². The van der Waals surface area contributed by atoms with Gasteiger partial charge >= 0.3 is 0 Å². The van der Waals surface area contributed by atoms with Gasteiger partial charge in [0.05, 0.1) is 11.7 Å². The van der Waals surface area contributed by atoms with Crippen molar-refractivity contribution in [3.8, 4) is 0 Å². The lowest BCUT2D eigenvalue weighted by Gasteiger charge is -2.35. The fourth-order valence-corrected chi connectivity index (χ4v) is 2.79. The van der Waals surface area contributed by atoms with Crippen molar-refractivity contribution in [1.82, 2.24) is 15.4 Å². The number of aromatic nitrogens is 1. The van der Waals surface area contributed by atoms with Crippen LogP contribution in [0.2, 0.25) is 0 Å². The molecule has 0 aliphatic carbocycles. The molecule has 1 aromatic heterocycles. The van der Waals surface area contributed by atoms with E-state index in [-0.39, 0.29) is 11.9 Å². The Labute approximate surface area is 126 Å². The van der Waals surface area contributed by atoms with Gasteiger partial charge in [0.1, 0.15) is 0 Å². The van der Waals surface area contributed by atoms with Crippen LogP contribution < -0.4 is 10.6 Å². The highest BCUT2D eigenvalue weighted by Crippen LogP contribution is 2.22. The van der Waals surface area contributed by atoms with Gasteiger partial charge in [-0.15, -0.1) is 0 Å². The maximum Gasteiger partial charge on any atom is 0.243 e. The van der Waals surface area contributed by atoms with E-state index >= 15 is 0 Å². The molecule has 2 N–H and O–H groups in total. The van der Waals surface area contributed by atoms with E-state index in [0.29, 0.717) is 5.88 Å². The average Bonchev–Trinajstić information content (AvgIpc) is 2.90. The minimum absolute atomic E-state index is 0.0279. The molecule has 0 bridgehead atoms. The Morgan fingerprint density at radius 3 is 2.81 bits per heavy atom. The van der Waals surface area contributed by atoms with Crippen LogP contribution in [0.1, 0.15) is 31.9 Å². The summed E-state index contributed by atoms with van der Waals surface area (Å²) in [5.74, 6) is 1.17. The number of amides is 1. The van der Waals surface area contributed by atoms with E-state index in [1.165, 1.54) is 19.3 Å². The molecule has 6 nitrogen and oxygen atoms in total. The van der Waals surface area contributed by atoms with E-state index in [4.69, 9.17) is 4.52 Å². The topological polar surface area (TPSA) is 70.4 Å². The number of rotatable bonds is 6. The maximum atomic E-state index is 12.2. The molecule has 2 rings (SSSR count). The lowest BCUT2D eigenvalue weighted by Crippen LogP contribution is -2.46. The molecule has 6 heteroatoms. The van der Waals surface area contributed by atoms with Crippen molar-refractivity contribution in [2.75, 3.05) is 32.0 Å². The molecule has 0 spiro atoms. The third-order valence-corrected chi connectivity index (χ3v) is 4.25. The van der Waals surface area contributed by atoms with Gasteiger partial charge in [-0.3, -0.25) is 15.0 Å². The number of nitrogens with one attached hydrogen (secondary N) is 2. The summed E-state index contributed by atoms with van der Waals surface area (Å²) in [6.07, 6.45) is 3.56. The molecule has 0 aromatic carbocycles. The second-order valence-corrected chi connectivity index (χ2v) is 5.87. The van der Waals surface area contributed by atoms with Crippen LogP contribution in [0.25, 0.3) is 0 Å². The van der Waals surface area contributed by atoms with Crippen LogP contribution in [0.5, 0.6) is 0 Å². The molecular weight excluding hydrogens is 268 g/mol. The lowest BCUT2D eigenvalue weighted by atomic mass is 9.93. The Kier molecular flexibility index (Phi) is 5.76. The van der Waals surface area contributed by atoms with Gasteiger partial charge in [-0.2, -0.15) is 0 Å². The zero-order valence-electron chi connectivity index (χ0n) is 13.2. The summed E-state index contributed by atoms with van der Waals surface area (Å²) in [5, 5.41) is 9.76. The number of piperidine rings is 1. The van der Waals surface area contributed by atoms with E-state index in [2.05, 4.69) is 20.7 Å². The van der Waals surface area contributed by atoms with E-state index in [1.807, 2.05) is 20.9 Å². The van der Waals surface area contributed by atoms with Crippen molar-refractivity contribution < 1.29 is 9.32 Å². The standard InChI is InChI=1S/C15H26N4O2/c1-11-10-14(21-18-11)17-15(20)12(2)19-8-5-13(6-9-19)4-7-16-3/h10,12-13,16H,4-9H2,1-3H3,(H,17,20). The molecule has 1 aliphatic heterocycles. The molecule has 1 atom stereocenters. The Hall–Kier alpha value is -1.40. The van der Waals surface area contributed by atoms with Gasteiger partial charge in [-0.05, 0) is 65.7 Å². The van der Waals surface area contributed by atoms with Crippen LogP contribution in [0.3, 0.4) is 0 Å². The minimum Gasteiger partial charge on any atom is -0.338 e. The van der Waals surface area contributed by atoms with Gasteiger partial charge in [-0.1, -0.05) is 5.16 Å².